The SMILES string of the molecule is CONC(=O)CCC(=O)c1ccc(Cl)cc1. The Bertz CT molecular complexity index is 375. The Labute approximate surface area is 98.5 Å². The van der Waals surface area contributed by atoms with Gasteiger partial charge >= 0.3 is 0 Å². The van der Waals surface area contributed by atoms with E-state index < -0.39 is 0 Å². The van der Waals surface area contributed by atoms with Crippen molar-refractivity contribution in [3.63, 3.8) is 0 Å². The van der Waals surface area contributed by atoms with Crippen molar-refractivity contribution < 1.29 is 14.4 Å². The van der Waals surface area contributed by atoms with Crippen molar-refractivity contribution in [1.82, 2.24) is 5.48 Å². The highest BCUT2D eigenvalue weighted by Crippen LogP contribution is 2.11. The first-order valence-corrected chi connectivity index (χ1v) is 5.12. The van der Waals surface area contributed by atoms with Gasteiger partial charge in [0.15, 0.2) is 5.78 Å². The van der Waals surface area contributed by atoms with Crippen LogP contribution < -0.4 is 5.48 Å². The van der Waals surface area contributed by atoms with Crippen LogP contribution in [0.15, 0.2) is 24.3 Å². The van der Waals surface area contributed by atoms with Gasteiger partial charge in [0, 0.05) is 23.4 Å². The maximum Gasteiger partial charge on any atom is 0.243 e. The van der Waals surface area contributed by atoms with Crippen LogP contribution in [0.5, 0.6) is 0 Å². The first-order chi connectivity index (χ1) is 7.63. The monoisotopic (exact) mass is 241 g/mol. The van der Waals surface area contributed by atoms with Crippen molar-refractivity contribution in [2.45, 2.75) is 12.8 Å². The Kier molecular flexibility index (Phi) is 4.95. The molecule has 0 aliphatic heterocycles. The molecule has 0 saturated heterocycles. The average Bonchev–Trinajstić information content (AvgIpc) is 2.27. The van der Waals surface area contributed by atoms with E-state index in [1.165, 1.54) is 7.11 Å². The van der Waals surface area contributed by atoms with Gasteiger partial charge in [-0.3, -0.25) is 14.4 Å². The van der Waals surface area contributed by atoms with E-state index in [0.717, 1.165) is 0 Å². The van der Waals surface area contributed by atoms with Gasteiger partial charge in [-0.15, -0.1) is 0 Å². The molecule has 1 aromatic carbocycles. The molecule has 1 aromatic rings. The number of carbonyl (C=O) groups excluding carboxylic acids is 2. The molecule has 0 spiro atoms. The number of hydrogen-bond acceptors (Lipinski definition) is 3. The van der Waals surface area contributed by atoms with Crippen LogP contribution in [0.3, 0.4) is 0 Å². The first kappa shape index (κ1) is 12.7. The topological polar surface area (TPSA) is 55.4 Å². The number of carbonyl (C=O) groups is 2. The number of ketones is 1. The standard InChI is InChI=1S/C11H12ClNO3/c1-16-13-11(15)7-6-10(14)8-2-4-9(12)5-3-8/h2-5H,6-7H2,1H3,(H,13,15). The third-order valence-electron chi connectivity index (χ3n) is 1.96. The third kappa shape index (κ3) is 4.00. The summed E-state index contributed by atoms with van der Waals surface area (Å²) in [4.78, 5) is 27.1. The van der Waals surface area contributed by atoms with Crippen molar-refractivity contribution in [3.05, 3.63) is 34.9 Å². The molecule has 1 rings (SSSR count). The molecule has 1 amide bonds. The molecule has 0 heterocycles. The van der Waals surface area contributed by atoms with Crippen molar-refractivity contribution in [1.29, 1.82) is 0 Å². The normalized spacial score (nSPS) is 9.88. The van der Waals surface area contributed by atoms with Crippen LogP contribution in [0.4, 0.5) is 0 Å². The Morgan fingerprint density at radius 3 is 2.44 bits per heavy atom. The Balaban J connectivity index is 2.47. The number of rotatable bonds is 5. The number of halogens is 1. The van der Waals surface area contributed by atoms with Crippen molar-refractivity contribution in [2.24, 2.45) is 0 Å². The maximum absolute atomic E-state index is 11.6. The quantitative estimate of drug-likeness (QED) is 0.634. The van der Waals surface area contributed by atoms with Gasteiger partial charge < -0.3 is 0 Å². The van der Waals surface area contributed by atoms with Crippen LogP contribution in [0, 0.1) is 0 Å². The molecule has 0 atom stereocenters. The lowest BCUT2D eigenvalue weighted by Crippen LogP contribution is -2.22. The zero-order chi connectivity index (χ0) is 12.0. The fourth-order valence-electron chi connectivity index (χ4n) is 1.17. The summed E-state index contributed by atoms with van der Waals surface area (Å²) in [5.74, 6) is -0.410. The Morgan fingerprint density at radius 2 is 1.88 bits per heavy atom. The second-order valence-electron chi connectivity index (χ2n) is 3.16. The lowest BCUT2D eigenvalue weighted by Gasteiger charge is -2.02. The van der Waals surface area contributed by atoms with E-state index in [1.807, 2.05) is 0 Å². The van der Waals surface area contributed by atoms with E-state index in [-0.39, 0.29) is 24.5 Å². The molecule has 86 valence electrons. The first-order valence-electron chi connectivity index (χ1n) is 4.74. The van der Waals surface area contributed by atoms with Crippen LogP contribution >= 0.6 is 11.6 Å². The van der Waals surface area contributed by atoms with Crippen LogP contribution in [0.25, 0.3) is 0 Å². The highest BCUT2D eigenvalue weighted by molar-refractivity contribution is 6.30. The molecular weight excluding hydrogens is 230 g/mol. The second-order valence-corrected chi connectivity index (χ2v) is 3.60. The van der Waals surface area contributed by atoms with Gasteiger partial charge in [0.25, 0.3) is 0 Å². The summed E-state index contributed by atoms with van der Waals surface area (Å²) in [6.45, 7) is 0. The Hall–Kier alpha value is -1.39. The summed E-state index contributed by atoms with van der Waals surface area (Å²) in [5.41, 5.74) is 2.70. The zero-order valence-corrected chi connectivity index (χ0v) is 9.58. The summed E-state index contributed by atoms with van der Waals surface area (Å²) in [7, 11) is 1.35. The van der Waals surface area contributed by atoms with Crippen LogP contribution in [-0.2, 0) is 9.63 Å². The van der Waals surface area contributed by atoms with E-state index >= 15 is 0 Å². The number of benzene rings is 1. The van der Waals surface area contributed by atoms with Gasteiger partial charge in [-0.25, -0.2) is 5.48 Å². The minimum atomic E-state index is -0.315. The average molecular weight is 242 g/mol. The summed E-state index contributed by atoms with van der Waals surface area (Å²) < 4.78 is 0. The van der Waals surface area contributed by atoms with Gasteiger partial charge in [-0.05, 0) is 24.3 Å². The van der Waals surface area contributed by atoms with Crippen LogP contribution in [0.2, 0.25) is 5.02 Å². The summed E-state index contributed by atoms with van der Waals surface area (Å²) in [5, 5.41) is 0.577. The minimum absolute atomic E-state index is 0.0945. The number of amides is 1. The summed E-state index contributed by atoms with van der Waals surface area (Å²) in [6.07, 6.45) is 0.256. The molecule has 0 radical (unpaired) electrons. The lowest BCUT2D eigenvalue weighted by atomic mass is 10.1. The number of Topliss-reactive ketones (excluding diaryl/α,β-unsaturated/α-hetero) is 1. The molecule has 4 nitrogen and oxygen atoms in total. The molecule has 0 unspecified atom stereocenters. The number of nitrogens with one attached hydrogen (secondary N) is 1. The van der Waals surface area contributed by atoms with E-state index in [1.54, 1.807) is 24.3 Å². The molecular formula is C11H12ClNO3. The smallest absolute Gasteiger partial charge is 0.243 e. The highest BCUT2D eigenvalue weighted by atomic mass is 35.5. The largest absolute Gasteiger partial charge is 0.294 e. The van der Waals surface area contributed by atoms with E-state index in [2.05, 4.69) is 10.3 Å². The highest BCUT2D eigenvalue weighted by Gasteiger charge is 2.08. The van der Waals surface area contributed by atoms with Gasteiger partial charge in [-0.1, -0.05) is 11.6 Å². The minimum Gasteiger partial charge on any atom is -0.294 e. The molecule has 0 aliphatic carbocycles. The van der Waals surface area contributed by atoms with Gasteiger partial charge in [0.1, 0.15) is 0 Å². The van der Waals surface area contributed by atoms with Crippen molar-refractivity contribution >= 4 is 23.3 Å². The van der Waals surface area contributed by atoms with Crippen LogP contribution in [-0.4, -0.2) is 18.8 Å². The number of hydroxylamine groups is 1. The van der Waals surface area contributed by atoms with E-state index in [4.69, 9.17) is 11.6 Å². The van der Waals surface area contributed by atoms with E-state index in [9.17, 15) is 9.59 Å². The van der Waals surface area contributed by atoms with Gasteiger partial charge in [0.2, 0.25) is 5.91 Å². The maximum atomic E-state index is 11.6. The number of hydrogen-bond donors (Lipinski definition) is 1. The molecule has 5 heteroatoms. The molecule has 0 bridgehead atoms. The van der Waals surface area contributed by atoms with Gasteiger partial charge in [0.05, 0.1) is 7.11 Å². The summed E-state index contributed by atoms with van der Waals surface area (Å²) in [6, 6.07) is 6.56. The molecule has 16 heavy (non-hydrogen) atoms. The molecule has 0 aliphatic rings. The fraction of sp³-hybridized carbons (Fsp3) is 0.273. The molecule has 0 fully saturated rings. The van der Waals surface area contributed by atoms with E-state index in [0.29, 0.717) is 10.6 Å². The molecule has 0 saturated carbocycles. The predicted octanol–water partition coefficient (Wildman–Crippen LogP) is 1.98. The zero-order valence-electron chi connectivity index (χ0n) is 8.83. The van der Waals surface area contributed by atoms with Crippen molar-refractivity contribution in [3.8, 4) is 0 Å². The molecule has 1 N–H and O–H groups in total. The second kappa shape index (κ2) is 6.25. The predicted molar refractivity (Wildman–Crippen MR) is 60.2 cm³/mol. The fourth-order valence-corrected chi connectivity index (χ4v) is 1.30. The Morgan fingerprint density at radius 1 is 1.25 bits per heavy atom. The van der Waals surface area contributed by atoms with Crippen molar-refractivity contribution in [2.75, 3.05) is 7.11 Å². The van der Waals surface area contributed by atoms with Crippen LogP contribution in [0.1, 0.15) is 23.2 Å². The summed E-state index contributed by atoms with van der Waals surface area (Å²) >= 11 is 5.69. The lowest BCUT2D eigenvalue weighted by molar-refractivity contribution is -0.131. The molecule has 0 aromatic heterocycles. The third-order valence-corrected chi connectivity index (χ3v) is 2.21. The van der Waals surface area contributed by atoms with Gasteiger partial charge in [-0.2, -0.15) is 0 Å².